The number of hydrogen-bond acceptors (Lipinski definition) is 2. The summed E-state index contributed by atoms with van der Waals surface area (Å²) in [6, 6.07) is 0.632. The summed E-state index contributed by atoms with van der Waals surface area (Å²) < 4.78 is 40.8. The molecule has 20 heavy (non-hydrogen) atoms. The Kier molecular flexibility index (Phi) is 5.20. The minimum absolute atomic E-state index is 0.208. The average molecular weight is 284 g/mol. The lowest BCUT2D eigenvalue weighted by Gasteiger charge is -2.23. The fraction of sp³-hybridized carbons (Fsp3) is 0.467. The van der Waals surface area contributed by atoms with E-state index in [1.54, 1.807) is 0 Å². The van der Waals surface area contributed by atoms with Crippen molar-refractivity contribution in [3.63, 3.8) is 0 Å². The number of hydrazine groups is 1. The Bertz CT molecular complexity index is 477. The molecule has 110 valence electrons. The molecule has 0 bridgehead atoms. The van der Waals surface area contributed by atoms with Gasteiger partial charge in [-0.05, 0) is 25.7 Å². The third kappa shape index (κ3) is 3.41. The summed E-state index contributed by atoms with van der Waals surface area (Å²) >= 11 is 0. The van der Waals surface area contributed by atoms with Gasteiger partial charge in [-0.25, -0.2) is 18.6 Å². The first-order chi connectivity index (χ1) is 9.63. The predicted molar refractivity (Wildman–Crippen MR) is 72.2 cm³/mol. The van der Waals surface area contributed by atoms with E-state index in [9.17, 15) is 13.2 Å². The molecule has 2 rings (SSSR count). The Labute approximate surface area is 116 Å². The van der Waals surface area contributed by atoms with Gasteiger partial charge in [0.25, 0.3) is 0 Å². The van der Waals surface area contributed by atoms with E-state index in [4.69, 9.17) is 5.84 Å². The normalized spacial score (nSPS) is 18.1. The second kappa shape index (κ2) is 6.90. The van der Waals surface area contributed by atoms with E-state index in [2.05, 4.69) is 5.43 Å². The Morgan fingerprint density at radius 3 is 2.30 bits per heavy atom. The van der Waals surface area contributed by atoms with E-state index in [-0.39, 0.29) is 5.56 Å². The Morgan fingerprint density at radius 2 is 1.65 bits per heavy atom. The summed E-state index contributed by atoms with van der Waals surface area (Å²) in [6.07, 6.45) is 7.91. The maximum absolute atomic E-state index is 13.9. The van der Waals surface area contributed by atoms with Crippen molar-refractivity contribution in [2.24, 2.45) is 5.84 Å². The van der Waals surface area contributed by atoms with E-state index >= 15 is 0 Å². The van der Waals surface area contributed by atoms with Gasteiger partial charge in [-0.1, -0.05) is 24.5 Å². The molecule has 0 fully saturated rings. The van der Waals surface area contributed by atoms with Gasteiger partial charge in [0.2, 0.25) is 0 Å². The molecule has 1 unspecified atom stereocenters. The van der Waals surface area contributed by atoms with Crippen LogP contribution in [0, 0.1) is 17.5 Å². The number of allylic oxidation sites excluding steroid dienone is 1. The molecule has 1 aliphatic carbocycles. The molecule has 2 nitrogen and oxygen atoms in total. The van der Waals surface area contributed by atoms with Crippen LogP contribution in [-0.4, -0.2) is 0 Å². The van der Waals surface area contributed by atoms with Crippen LogP contribution in [0.1, 0.15) is 50.1 Å². The molecule has 5 heteroatoms. The largest absolute Gasteiger partial charge is 0.271 e. The van der Waals surface area contributed by atoms with Crippen molar-refractivity contribution in [3.8, 4) is 0 Å². The maximum Gasteiger partial charge on any atom is 0.134 e. The molecule has 1 atom stereocenters. The van der Waals surface area contributed by atoms with Gasteiger partial charge in [0.05, 0.1) is 6.04 Å². The third-order valence-electron chi connectivity index (χ3n) is 3.70. The van der Waals surface area contributed by atoms with Crippen molar-refractivity contribution in [1.29, 1.82) is 0 Å². The topological polar surface area (TPSA) is 38.0 Å². The van der Waals surface area contributed by atoms with Crippen LogP contribution in [0.25, 0.3) is 0 Å². The molecule has 3 N–H and O–H groups in total. The van der Waals surface area contributed by atoms with Crippen molar-refractivity contribution in [1.82, 2.24) is 5.43 Å². The second-order valence-corrected chi connectivity index (χ2v) is 5.11. The van der Waals surface area contributed by atoms with Crippen molar-refractivity contribution >= 4 is 0 Å². The van der Waals surface area contributed by atoms with E-state index in [1.165, 1.54) is 6.42 Å². The predicted octanol–water partition coefficient (Wildman–Crippen LogP) is 3.89. The molecule has 0 heterocycles. The monoisotopic (exact) mass is 284 g/mol. The number of benzene rings is 1. The molecule has 0 saturated carbocycles. The number of nitrogens with one attached hydrogen (secondary N) is 1. The van der Waals surface area contributed by atoms with E-state index < -0.39 is 23.5 Å². The molecular weight excluding hydrogens is 265 g/mol. The van der Waals surface area contributed by atoms with Crippen LogP contribution < -0.4 is 11.3 Å². The fourth-order valence-electron chi connectivity index (χ4n) is 2.68. The van der Waals surface area contributed by atoms with Gasteiger partial charge in [-0.2, -0.15) is 0 Å². The van der Waals surface area contributed by atoms with Crippen molar-refractivity contribution in [2.75, 3.05) is 0 Å². The van der Waals surface area contributed by atoms with Crippen LogP contribution in [0.2, 0.25) is 0 Å². The summed E-state index contributed by atoms with van der Waals surface area (Å²) in [7, 11) is 0. The molecule has 0 saturated heterocycles. The molecular formula is C15H19F3N2. The smallest absolute Gasteiger partial charge is 0.134 e. The van der Waals surface area contributed by atoms with E-state index in [1.807, 2.05) is 6.08 Å². The van der Waals surface area contributed by atoms with Gasteiger partial charge in [0.1, 0.15) is 17.5 Å². The molecule has 0 spiro atoms. The maximum atomic E-state index is 13.9. The number of halogens is 3. The molecule has 0 radical (unpaired) electrons. The Hall–Kier alpha value is -1.33. The number of nitrogens with two attached hydrogens (primary N) is 1. The quantitative estimate of drug-likeness (QED) is 0.502. The molecule has 0 aromatic heterocycles. The fourth-order valence-corrected chi connectivity index (χ4v) is 2.68. The Morgan fingerprint density at radius 1 is 1.00 bits per heavy atom. The van der Waals surface area contributed by atoms with Crippen LogP contribution in [0.5, 0.6) is 0 Å². The standard InChI is InChI=1S/C15H19F3N2/c16-11-8-12(17)14(13(18)9-11)15(20-19)10-6-4-2-1-3-5-7-10/h6,8-9,15,20H,1-5,7,19H2. The van der Waals surface area contributed by atoms with Gasteiger partial charge in [0.15, 0.2) is 0 Å². The van der Waals surface area contributed by atoms with Crippen LogP contribution in [0.15, 0.2) is 23.8 Å². The first-order valence-electron chi connectivity index (χ1n) is 6.93. The highest BCUT2D eigenvalue weighted by atomic mass is 19.1. The van der Waals surface area contributed by atoms with Crippen molar-refractivity contribution in [2.45, 2.75) is 44.6 Å². The van der Waals surface area contributed by atoms with Crippen LogP contribution in [-0.2, 0) is 0 Å². The summed E-state index contributed by atoms with van der Waals surface area (Å²) in [5, 5.41) is 0. The summed E-state index contributed by atoms with van der Waals surface area (Å²) in [4.78, 5) is 0. The average Bonchev–Trinajstić information content (AvgIpc) is 2.34. The summed E-state index contributed by atoms with van der Waals surface area (Å²) in [5.41, 5.74) is 3.13. The molecule has 1 aliphatic rings. The van der Waals surface area contributed by atoms with Gasteiger partial charge in [-0.3, -0.25) is 5.84 Å². The SMILES string of the molecule is NNC(C1=CCCCCCC1)c1c(F)cc(F)cc1F. The zero-order chi connectivity index (χ0) is 14.5. The zero-order valence-electron chi connectivity index (χ0n) is 11.3. The van der Waals surface area contributed by atoms with Crippen LogP contribution in [0.4, 0.5) is 13.2 Å². The lowest BCUT2D eigenvalue weighted by atomic mass is 9.90. The van der Waals surface area contributed by atoms with E-state index in [0.29, 0.717) is 12.1 Å². The number of rotatable bonds is 3. The van der Waals surface area contributed by atoms with Gasteiger partial charge >= 0.3 is 0 Å². The second-order valence-electron chi connectivity index (χ2n) is 5.11. The van der Waals surface area contributed by atoms with Gasteiger partial charge in [0, 0.05) is 17.7 Å². The highest BCUT2D eigenvalue weighted by Crippen LogP contribution is 2.31. The summed E-state index contributed by atoms with van der Waals surface area (Å²) in [5.74, 6) is 2.74. The lowest BCUT2D eigenvalue weighted by Crippen LogP contribution is -2.31. The lowest BCUT2D eigenvalue weighted by molar-refractivity contribution is 0.477. The first-order valence-corrected chi connectivity index (χ1v) is 6.93. The first kappa shape index (κ1) is 15.1. The third-order valence-corrected chi connectivity index (χ3v) is 3.70. The molecule has 1 aromatic carbocycles. The van der Waals surface area contributed by atoms with Gasteiger partial charge in [-0.15, -0.1) is 0 Å². The minimum atomic E-state index is -0.925. The molecule has 0 amide bonds. The summed E-state index contributed by atoms with van der Waals surface area (Å²) in [6.45, 7) is 0. The molecule has 0 aliphatic heterocycles. The minimum Gasteiger partial charge on any atom is -0.271 e. The van der Waals surface area contributed by atoms with Crippen LogP contribution in [0.3, 0.4) is 0 Å². The highest BCUT2D eigenvalue weighted by molar-refractivity contribution is 5.31. The van der Waals surface area contributed by atoms with Crippen molar-refractivity contribution in [3.05, 3.63) is 46.8 Å². The van der Waals surface area contributed by atoms with Gasteiger partial charge < -0.3 is 0 Å². The molecule has 1 aromatic rings. The highest BCUT2D eigenvalue weighted by Gasteiger charge is 2.23. The number of hydrogen-bond donors (Lipinski definition) is 2. The van der Waals surface area contributed by atoms with Crippen LogP contribution >= 0.6 is 0 Å². The Balaban J connectivity index is 2.36. The van der Waals surface area contributed by atoms with E-state index in [0.717, 1.165) is 37.7 Å². The zero-order valence-corrected chi connectivity index (χ0v) is 11.3. The van der Waals surface area contributed by atoms with Crippen molar-refractivity contribution < 1.29 is 13.2 Å².